The van der Waals surface area contributed by atoms with Gasteiger partial charge in [-0.1, -0.05) is 11.8 Å². The van der Waals surface area contributed by atoms with Crippen LogP contribution in [-0.2, 0) is 7.05 Å². The third-order valence-corrected chi connectivity index (χ3v) is 1.78. The maximum Gasteiger partial charge on any atom is 0.169 e. The third kappa shape index (κ3) is 1.18. The molecule has 1 rings (SSSR count). The number of hydrogen-bond acceptors (Lipinski definition) is 3. The van der Waals surface area contributed by atoms with Gasteiger partial charge in [-0.3, -0.25) is 0 Å². The lowest BCUT2D eigenvalue weighted by molar-refractivity contribution is 0.792. The normalized spacial score (nSPS) is 10.0. The molecule has 0 radical (unpaired) electrons. The van der Waals surface area contributed by atoms with Crippen LogP contribution in [0.4, 0.5) is 5.82 Å². The smallest absolute Gasteiger partial charge is 0.169 e. The SMILES string of the molecule is CSc1nc(N)cn1C. The standard InChI is InChI=1S/C5H9N3S/c1-8-3-4(6)7-5(8)9-2/h3H,6H2,1-2H3. The molecule has 0 aromatic carbocycles. The van der Waals surface area contributed by atoms with E-state index >= 15 is 0 Å². The van der Waals surface area contributed by atoms with Crippen LogP contribution in [0.15, 0.2) is 11.4 Å². The molecular formula is C5H9N3S. The predicted octanol–water partition coefficient (Wildman–Crippen LogP) is 0.724. The molecule has 0 saturated carbocycles. The summed E-state index contributed by atoms with van der Waals surface area (Å²) < 4.78 is 1.90. The molecule has 4 heteroatoms. The van der Waals surface area contributed by atoms with Crippen molar-refractivity contribution in [3.8, 4) is 0 Å². The van der Waals surface area contributed by atoms with Gasteiger partial charge in [0.05, 0.1) is 0 Å². The summed E-state index contributed by atoms with van der Waals surface area (Å²) in [7, 11) is 1.93. The van der Waals surface area contributed by atoms with Crippen LogP contribution in [0.5, 0.6) is 0 Å². The first-order valence-electron chi connectivity index (χ1n) is 2.57. The molecule has 0 fully saturated rings. The van der Waals surface area contributed by atoms with E-state index in [0.29, 0.717) is 5.82 Å². The van der Waals surface area contributed by atoms with Gasteiger partial charge >= 0.3 is 0 Å². The van der Waals surface area contributed by atoms with Gasteiger partial charge in [-0.15, -0.1) is 0 Å². The van der Waals surface area contributed by atoms with Gasteiger partial charge in [0.2, 0.25) is 0 Å². The van der Waals surface area contributed by atoms with Crippen LogP contribution in [0.2, 0.25) is 0 Å². The first kappa shape index (κ1) is 6.48. The van der Waals surface area contributed by atoms with Gasteiger partial charge in [-0.25, -0.2) is 4.98 Å². The predicted molar refractivity (Wildman–Crippen MR) is 39.4 cm³/mol. The Morgan fingerprint density at radius 2 is 2.44 bits per heavy atom. The lowest BCUT2D eigenvalue weighted by atomic mass is 10.8. The van der Waals surface area contributed by atoms with E-state index in [4.69, 9.17) is 5.73 Å². The van der Waals surface area contributed by atoms with Crippen molar-refractivity contribution in [1.82, 2.24) is 9.55 Å². The van der Waals surface area contributed by atoms with Crippen LogP contribution >= 0.6 is 11.8 Å². The second-order valence-electron chi connectivity index (χ2n) is 1.76. The van der Waals surface area contributed by atoms with Crippen molar-refractivity contribution in [2.24, 2.45) is 7.05 Å². The molecule has 0 saturated heterocycles. The highest BCUT2D eigenvalue weighted by Gasteiger charge is 1.97. The van der Waals surface area contributed by atoms with Crippen LogP contribution in [0, 0.1) is 0 Å². The van der Waals surface area contributed by atoms with Crippen molar-refractivity contribution < 1.29 is 0 Å². The monoisotopic (exact) mass is 143 g/mol. The van der Waals surface area contributed by atoms with E-state index in [2.05, 4.69) is 4.98 Å². The maximum absolute atomic E-state index is 5.41. The molecule has 1 heterocycles. The van der Waals surface area contributed by atoms with E-state index in [1.165, 1.54) is 0 Å². The first-order chi connectivity index (χ1) is 4.24. The number of rotatable bonds is 1. The third-order valence-electron chi connectivity index (χ3n) is 1.03. The maximum atomic E-state index is 5.41. The van der Waals surface area contributed by atoms with Gasteiger partial charge in [0.1, 0.15) is 5.82 Å². The number of nitrogens with two attached hydrogens (primary N) is 1. The zero-order valence-electron chi connectivity index (χ0n) is 5.46. The molecule has 0 aliphatic carbocycles. The minimum Gasteiger partial charge on any atom is -0.382 e. The molecule has 50 valence electrons. The van der Waals surface area contributed by atoms with Crippen LogP contribution in [-0.4, -0.2) is 15.8 Å². The molecule has 0 spiro atoms. The number of imidazole rings is 1. The zero-order valence-corrected chi connectivity index (χ0v) is 6.27. The van der Waals surface area contributed by atoms with E-state index < -0.39 is 0 Å². The topological polar surface area (TPSA) is 43.8 Å². The Balaban J connectivity index is 3.01. The molecule has 3 nitrogen and oxygen atoms in total. The number of anilines is 1. The molecule has 0 atom stereocenters. The highest BCUT2D eigenvalue weighted by Crippen LogP contribution is 2.12. The summed E-state index contributed by atoms with van der Waals surface area (Å²) in [6.07, 6.45) is 3.77. The summed E-state index contributed by atoms with van der Waals surface area (Å²) in [5, 5.41) is 0.951. The fourth-order valence-electron chi connectivity index (χ4n) is 0.661. The quantitative estimate of drug-likeness (QED) is 0.589. The summed E-state index contributed by atoms with van der Waals surface area (Å²) in [4.78, 5) is 4.03. The summed E-state index contributed by atoms with van der Waals surface area (Å²) in [6, 6.07) is 0. The molecule has 9 heavy (non-hydrogen) atoms. The van der Waals surface area contributed by atoms with Crippen LogP contribution in [0.25, 0.3) is 0 Å². The Bertz CT molecular complexity index is 206. The van der Waals surface area contributed by atoms with Gasteiger partial charge in [0.25, 0.3) is 0 Å². The van der Waals surface area contributed by atoms with Gasteiger partial charge in [-0.05, 0) is 6.26 Å². The Labute approximate surface area is 58.3 Å². The summed E-state index contributed by atoms with van der Waals surface area (Å²) in [5.41, 5.74) is 5.41. The Kier molecular flexibility index (Phi) is 1.66. The second kappa shape index (κ2) is 2.31. The van der Waals surface area contributed by atoms with E-state index in [0.717, 1.165) is 5.16 Å². The van der Waals surface area contributed by atoms with E-state index in [9.17, 15) is 0 Å². The van der Waals surface area contributed by atoms with Crippen molar-refractivity contribution >= 4 is 17.6 Å². The molecule has 0 amide bonds. The van der Waals surface area contributed by atoms with Crippen molar-refractivity contribution in [3.63, 3.8) is 0 Å². The fourth-order valence-corrected chi connectivity index (χ4v) is 1.20. The van der Waals surface area contributed by atoms with Gasteiger partial charge < -0.3 is 10.3 Å². The van der Waals surface area contributed by atoms with Crippen molar-refractivity contribution in [1.29, 1.82) is 0 Å². The number of thioether (sulfide) groups is 1. The zero-order chi connectivity index (χ0) is 6.85. The number of hydrogen-bond donors (Lipinski definition) is 1. The minimum atomic E-state index is 0.585. The minimum absolute atomic E-state index is 0.585. The number of aromatic nitrogens is 2. The molecule has 0 bridgehead atoms. The Morgan fingerprint density at radius 3 is 2.67 bits per heavy atom. The van der Waals surface area contributed by atoms with Gasteiger partial charge in [0, 0.05) is 13.2 Å². The lowest BCUT2D eigenvalue weighted by Crippen LogP contribution is -1.85. The number of aryl methyl sites for hydroxylation is 1. The highest BCUT2D eigenvalue weighted by molar-refractivity contribution is 7.98. The Hall–Kier alpha value is -0.640. The molecular weight excluding hydrogens is 134 g/mol. The van der Waals surface area contributed by atoms with Gasteiger partial charge in [0.15, 0.2) is 5.16 Å². The Morgan fingerprint density at radius 1 is 1.78 bits per heavy atom. The van der Waals surface area contributed by atoms with Crippen LogP contribution in [0.1, 0.15) is 0 Å². The molecule has 2 N–H and O–H groups in total. The van der Waals surface area contributed by atoms with Crippen LogP contribution < -0.4 is 5.73 Å². The van der Waals surface area contributed by atoms with Crippen molar-refractivity contribution in [3.05, 3.63) is 6.20 Å². The summed E-state index contributed by atoms with van der Waals surface area (Å²) in [5.74, 6) is 0.585. The van der Waals surface area contributed by atoms with Crippen molar-refractivity contribution in [2.75, 3.05) is 12.0 Å². The lowest BCUT2D eigenvalue weighted by Gasteiger charge is -1.91. The summed E-state index contributed by atoms with van der Waals surface area (Å²) in [6.45, 7) is 0. The summed E-state index contributed by atoms with van der Waals surface area (Å²) >= 11 is 1.59. The number of nitrogens with zero attached hydrogens (tertiary/aromatic N) is 2. The van der Waals surface area contributed by atoms with Crippen LogP contribution in [0.3, 0.4) is 0 Å². The van der Waals surface area contributed by atoms with E-state index in [1.54, 1.807) is 18.0 Å². The fraction of sp³-hybridized carbons (Fsp3) is 0.400. The molecule has 0 aliphatic rings. The highest BCUT2D eigenvalue weighted by atomic mass is 32.2. The van der Waals surface area contributed by atoms with Crippen molar-refractivity contribution in [2.45, 2.75) is 5.16 Å². The molecule has 1 aromatic rings. The first-order valence-corrected chi connectivity index (χ1v) is 3.79. The van der Waals surface area contributed by atoms with E-state index in [-0.39, 0.29) is 0 Å². The van der Waals surface area contributed by atoms with Gasteiger partial charge in [-0.2, -0.15) is 0 Å². The molecule has 0 unspecified atom stereocenters. The second-order valence-corrected chi connectivity index (χ2v) is 2.54. The average molecular weight is 143 g/mol. The van der Waals surface area contributed by atoms with E-state index in [1.807, 2.05) is 17.9 Å². The number of nitrogen functional groups attached to an aromatic ring is 1. The molecule has 1 aromatic heterocycles. The average Bonchev–Trinajstić information content (AvgIpc) is 2.10. The largest absolute Gasteiger partial charge is 0.382 e. The molecule has 0 aliphatic heterocycles.